The number of alkyl halides is 3. The van der Waals surface area contributed by atoms with Crippen LogP contribution in [0.4, 0.5) is 24.5 Å². The molecule has 0 spiro atoms. The highest BCUT2D eigenvalue weighted by Gasteiger charge is 2.48. The monoisotopic (exact) mass is 376 g/mol. The number of hydrogen-bond acceptors (Lipinski definition) is 2. The molecular formula is C20H19F3N2O2. The zero-order valence-corrected chi connectivity index (χ0v) is 14.9. The summed E-state index contributed by atoms with van der Waals surface area (Å²) < 4.78 is 37.7. The van der Waals surface area contributed by atoms with Gasteiger partial charge in [-0.1, -0.05) is 6.07 Å². The van der Waals surface area contributed by atoms with Gasteiger partial charge in [0.05, 0.1) is 17.4 Å². The van der Waals surface area contributed by atoms with Crippen molar-refractivity contribution >= 4 is 23.2 Å². The summed E-state index contributed by atoms with van der Waals surface area (Å²) in [6.07, 6.45) is -4.00. The van der Waals surface area contributed by atoms with Crippen LogP contribution in [0.3, 0.4) is 0 Å². The van der Waals surface area contributed by atoms with Gasteiger partial charge in [0.1, 0.15) is 0 Å². The van der Waals surface area contributed by atoms with E-state index in [0.29, 0.717) is 12.1 Å². The maximum absolute atomic E-state index is 12.6. The van der Waals surface area contributed by atoms with Crippen molar-refractivity contribution < 1.29 is 22.8 Å². The third-order valence-electron chi connectivity index (χ3n) is 4.72. The first-order chi connectivity index (χ1) is 12.6. The Morgan fingerprint density at radius 1 is 0.852 bits per heavy atom. The van der Waals surface area contributed by atoms with Crippen molar-refractivity contribution in [2.24, 2.45) is 11.8 Å². The summed E-state index contributed by atoms with van der Waals surface area (Å²) in [4.78, 5) is 24.5. The first kappa shape index (κ1) is 18.9. The minimum Gasteiger partial charge on any atom is -0.326 e. The predicted molar refractivity (Wildman–Crippen MR) is 96.2 cm³/mol. The Hall–Kier alpha value is -2.83. The van der Waals surface area contributed by atoms with Crippen molar-refractivity contribution in [2.75, 3.05) is 10.6 Å². The largest absolute Gasteiger partial charge is 0.416 e. The molecule has 0 aliphatic heterocycles. The average molecular weight is 376 g/mol. The highest BCUT2D eigenvalue weighted by molar-refractivity contribution is 6.03. The van der Waals surface area contributed by atoms with E-state index in [1.807, 2.05) is 26.0 Å². The molecular weight excluding hydrogens is 357 g/mol. The van der Waals surface area contributed by atoms with Crippen molar-refractivity contribution in [2.45, 2.75) is 26.4 Å². The maximum Gasteiger partial charge on any atom is 0.416 e. The van der Waals surface area contributed by atoms with Gasteiger partial charge in [-0.05, 0) is 67.8 Å². The quantitative estimate of drug-likeness (QED) is 0.823. The van der Waals surface area contributed by atoms with Crippen LogP contribution in [0.1, 0.15) is 23.1 Å². The smallest absolute Gasteiger partial charge is 0.326 e. The number of carbonyl (C=O) groups is 2. The van der Waals surface area contributed by atoms with E-state index >= 15 is 0 Å². The van der Waals surface area contributed by atoms with E-state index in [2.05, 4.69) is 10.6 Å². The molecule has 142 valence electrons. The van der Waals surface area contributed by atoms with Gasteiger partial charge in [0.15, 0.2) is 0 Å². The summed E-state index contributed by atoms with van der Waals surface area (Å²) in [5.41, 5.74) is 2.34. The molecule has 1 fully saturated rings. The van der Waals surface area contributed by atoms with Crippen LogP contribution in [0.25, 0.3) is 0 Å². The van der Waals surface area contributed by atoms with Gasteiger partial charge in [-0.25, -0.2) is 0 Å². The Bertz CT molecular complexity index is 876. The topological polar surface area (TPSA) is 58.2 Å². The molecule has 27 heavy (non-hydrogen) atoms. The van der Waals surface area contributed by atoms with Gasteiger partial charge in [-0.3, -0.25) is 9.59 Å². The van der Waals surface area contributed by atoms with Gasteiger partial charge in [0.2, 0.25) is 11.8 Å². The molecule has 2 N–H and O–H groups in total. The molecule has 2 unspecified atom stereocenters. The summed E-state index contributed by atoms with van der Waals surface area (Å²) in [5.74, 6) is -1.50. The summed E-state index contributed by atoms with van der Waals surface area (Å²) in [6, 6.07) is 9.80. The Labute approximate surface area is 154 Å². The number of anilines is 2. The van der Waals surface area contributed by atoms with E-state index in [9.17, 15) is 22.8 Å². The van der Waals surface area contributed by atoms with E-state index in [1.54, 1.807) is 6.07 Å². The van der Waals surface area contributed by atoms with Crippen LogP contribution in [-0.2, 0) is 15.8 Å². The van der Waals surface area contributed by atoms with Crippen LogP contribution >= 0.6 is 0 Å². The van der Waals surface area contributed by atoms with Gasteiger partial charge in [-0.2, -0.15) is 13.2 Å². The van der Waals surface area contributed by atoms with Crippen molar-refractivity contribution in [3.63, 3.8) is 0 Å². The fourth-order valence-corrected chi connectivity index (χ4v) is 2.81. The molecule has 7 heteroatoms. The Morgan fingerprint density at radius 2 is 1.37 bits per heavy atom. The second kappa shape index (κ2) is 7.06. The molecule has 2 amide bonds. The lowest BCUT2D eigenvalue weighted by Crippen LogP contribution is -2.20. The van der Waals surface area contributed by atoms with Crippen LogP contribution in [-0.4, -0.2) is 11.8 Å². The third-order valence-corrected chi connectivity index (χ3v) is 4.72. The van der Waals surface area contributed by atoms with E-state index in [-0.39, 0.29) is 17.5 Å². The van der Waals surface area contributed by atoms with Crippen molar-refractivity contribution in [1.29, 1.82) is 0 Å². The standard InChI is InChI=1S/C20H19F3N2O2/c1-11-3-6-15(9-12(11)2)25-19(27)17-10-16(17)18(26)24-14-7-4-13(5-8-14)20(21,22)23/h3-9,16-17H,10H2,1-2H3,(H,24,26)(H,25,27). The lowest BCUT2D eigenvalue weighted by atomic mass is 10.1. The van der Waals surface area contributed by atoms with E-state index in [4.69, 9.17) is 0 Å². The number of nitrogens with one attached hydrogen (secondary N) is 2. The van der Waals surface area contributed by atoms with Crippen molar-refractivity contribution in [3.05, 3.63) is 59.2 Å². The summed E-state index contributed by atoms with van der Waals surface area (Å²) in [5, 5.41) is 5.36. The summed E-state index contributed by atoms with van der Waals surface area (Å²) in [7, 11) is 0. The fourth-order valence-electron chi connectivity index (χ4n) is 2.81. The number of benzene rings is 2. The molecule has 1 aliphatic carbocycles. The minimum absolute atomic E-state index is 0.231. The molecule has 0 saturated heterocycles. The van der Waals surface area contributed by atoms with Crippen LogP contribution in [0, 0.1) is 25.7 Å². The number of carbonyl (C=O) groups excluding carboxylic acids is 2. The molecule has 3 rings (SSSR count). The molecule has 2 atom stereocenters. The Kier molecular flexibility index (Phi) is 4.95. The number of amides is 2. The van der Waals surface area contributed by atoms with Gasteiger partial charge >= 0.3 is 6.18 Å². The molecule has 2 aromatic rings. The van der Waals surface area contributed by atoms with Gasteiger partial charge in [0.25, 0.3) is 0 Å². The zero-order valence-electron chi connectivity index (χ0n) is 14.9. The Morgan fingerprint density at radius 3 is 1.89 bits per heavy atom. The van der Waals surface area contributed by atoms with Crippen LogP contribution in [0.15, 0.2) is 42.5 Å². The van der Waals surface area contributed by atoms with Gasteiger partial charge in [-0.15, -0.1) is 0 Å². The second-order valence-electron chi connectivity index (χ2n) is 6.80. The molecule has 0 heterocycles. The van der Waals surface area contributed by atoms with E-state index in [0.717, 1.165) is 23.3 Å². The fraction of sp³-hybridized carbons (Fsp3) is 0.300. The van der Waals surface area contributed by atoms with Gasteiger partial charge < -0.3 is 10.6 Å². The highest BCUT2D eigenvalue weighted by Crippen LogP contribution is 2.40. The third kappa shape index (κ3) is 4.48. The first-order valence-electron chi connectivity index (χ1n) is 8.51. The van der Waals surface area contributed by atoms with Crippen LogP contribution in [0.5, 0.6) is 0 Å². The van der Waals surface area contributed by atoms with Crippen molar-refractivity contribution in [1.82, 2.24) is 0 Å². The number of rotatable bonds is 4. The number of aryl methyl sites for hydroxylation is 2. The molecule has 0 bridgehead atoms. The molecule has 4 nitrogen and oxygen atoms in total. The minimum atomic E-state index is -4.42. The van der Waals surface area contributed by atoms with E-state index in [1.165, 1.54) is 12.1 Å². The Balaban J connectivity index is 1.55. The predicted octanol–water partition coefficient (Wildman–Crippen LogP) is 4.54. The van der Waals surface area contributed by atoms with Crippen LogP contribution in [0.2, 0.25) is 0 Å². The molecule has 2 aromatic carbocycles. The van der Waals surface area contributed by atoms with Gasteiger partial charge in [0, 0.05) is 11.4 Å². The number of hydrogen-bond donors (Lipinski definition) is 2. The normalized spacial score (nSPS) is 18.7. The summed E-state index contributed by atoms with van der Waals surface area (Å²) in [6.45, 7) is 3.92. The second-order valence-corrected chi connectivity index (χ2v) is 6.80. The average Bonchev–Trinajstić information content (AvgIpc) is 3.39. The lowest BCUT2D eigenvalue weighted by Gasteiger charge is -2.09. The molecule has 0 aromatic heterocycles. The molecule has 1 aliphatic rings. The highest BCUT2D eigenvalue weighted by atomic mass is 19.4. The van der Waals surface area contributed by atoms with Crippen molar-refractivity contribution in [3.8, 4) is 0 Å². The van der Waals surface area contributed by atoms with E-state index < -0.39 is 23.6 Å². The SMILES string of the molecule is Cc1ccc(NC(=O)C2CC2C(=O)Nc2ccc(C(F)(F)F)cc2)cc1C. The molecule has 1 saturated carbocycles. The zero-order chi connectivity index (χ0) is 19.8. The van der Waals surface area contributed by atoms with Crippen LogP contribution < -0.4 is 10.6 Å². The molecule has 0 radical (unpaired) electrons. The maximum atomic E-state index is 12.6. The number of halogens is 3. The summed E-state index contributed by atoms with van der Waals surface area (Å²) >= 11 is 0. The lowest BCUT2D eigenvalue weighted by molar-refractivity contribution is -0.137. The first-order valence-corrected chi connectivity index (χ1v) is 8.51.